The molecule has 1 aromatic heterocycles. The lowest BCUT2D eigenvalue weighted by Crippen LogP contribution is -2.20. The van der Waals surface area contributed by atoms with Crippen LogP contribution in [0.4, 0.5) is 11.6 Å². The van der Waals surface area contributed by atoms with Gasteiger partial charge in [-0.25, -0.2) is 23.1 Å². The van der Waals surface area contributed by atoms with E-state index in [-0.39, 0.29) is 23.4 Å². The molecule has 0 radical (unpaired) electrons. The molecule has 0 fully saturated rings. The minimum Gasteiger partial charge on any atom is -0.483 e. The maximum Gasteiger partial charge on any atom is 0.264 e. The van der Waals surface area contributed by atoms with E-state index in [4.69, 9.17) is 4.74 Å². The average Bonchev–Trinajstić information content (AvgIpc) is 2.73. The number of nitrogens with zero attached hydrogens (tertiary/aromatic N) is 2. The molecule has 0 saturated carbocycles. The van der Waals surface area contributed by atoms with Gasteiger partial charge < -0.3 is 10.1 Å². The fraction of sp³-hybridized carbons (Fsp3) is 0.150. The molecule has 9 heteroatoms. The van der Waals surface area contributed by atoms with Crippen LogP contribution in [0.25, 0.3) is 0 Å². The van der Waals surface area contributed by atoms with Crippen LogP contribution in [0.15, 0.2) is 71.9 Å². The molecule has 0 saturated heterocycles. The molecule has 0 atom stereocenters. The molecule has 1 heterocycles. The molecule has 8 nitrogen and oxygen atoms in total. The summed E-state index contributed by atoms with van der Waals surface area (Å²) in [6, 6.07) is 14.9. The van der Waals surface area contributed by atoms with Crippen molar-refractivity contribution in [3.8, 4) is 5.75 Å². The summed E-state index contributed by atoms with van der Waals surface area (Å²) in [5, 5.41) is 2.67. The first-order valence-corrected chi connectivity index (χ1v) is 10.4. The molecule has 0 unspecified atom stereocenters. The van der Waals surface area contributed by atoms with E-state index in [9.17, 15) is 13.2 Å². The van der Waals surface area contributed by atoms with E-state index >= 15 is 0 Å². The van der Waals surface area contributed by atoms with Crippen LogP contribution in [0.5, 0.6) is 5.75 Å². The van der Waals surface area contributed by atoms with E-state index < -0.39 is 10.0 Å². The van der Waals surface area contributed by atoms with Crippen molar-refractivity contribution in [1.29, 1.82) is 0 Å². The highest BCUT2D eigenvalue weighted by Crippen LogP contribution is 2.19. The van der Waals surface area contributed by atoms with Gasteiger partial charge in [0.05, 0.1) is 4.90 Å². The molecular weight excluding hydrogens is 392 g/mol. The number of ether oxygens (including phenoxy) is 1. The molecule has 2 N–H and O–H groups in total. The Bertz CT molecular complexity index is 1070. The Morgan fingerprint density at radius 1 is 1.00 bits per heavy atom. The van der Waals surface area contributed by atoms with Crippen LogP contribution in [-0.2, 0) is 21.2 Å². The number of rotatable bonds is 8. The first kappa shape index (κ1) is 20.3. The Hall–Kier alpha value is -3.46. The van der Waals surface area contributed by atoms with Gasteiger partial charge in [-0.15, -0.1) is 0 Å². The zero-order valence-electron chi connectivity index (χ0n) is 15.7. The number of para-hydroxylation sites is 1. The quantitative estimate of drug-likeness (QED) is 0.589. The molecule has 0 aliphatic rings. The molecule has 150 valence electrons. The van der Waals surface area contributed by atoms with E-state index in [0.717, 1.165) is 12.0 Å². The number of nitrogens with one attached hydrogen (secondary N) is 2. The number of carbonyl (C=O) groups is 1. The Balaban J connectivity index is 1.59. The predicted molar refractivity (Wildman–Crippen MR) is 109 cm³/mol. The number of anilines is 2. The van der Waals surface area contributed by atoms with Crippen LogP contribution >= 0.6 is 0 Å². The first-order chi connectivity index (χ1) is 14.0. The third-order valence-electron chi connectivity index (χ3n) is 3.95. The number of hydrogen-bond donors (Lipinski definition) is 2. The smallest absolute Gasteiger partial charge is 0.264 e. The highest BCUT2D eigenvalue weighted by Gasteiger charge is 2.15. The molecule has 29 heavy (non-hydrogen) atoms. The van der Waals surface area contributed by atoms with Crippen molar-refractivity contribution >= 4 is 27.6 Å². The van der Waals surface area contributed by atoms with Crippen molar-refractivity contribution in [3.05, 3.63) is 72.6 Å². The predicted octanol–water partition coefficient (Wildman–Crippen LogP) is 2.86. The van der Waals surface area contributed by atoms with Gasteiger partial charge in [0.1, 0.15) is 5.75 Å². The van der Waals surface area contributed by atoms with Crippen molar-refractivity contribution < 1.29 is 17.9 Å². The molecule has 1 amide bonds. The molecule has 0 spiro atoms. The van der Waals surface area contributed by atoms with Gasteiger partial charge in [-0.3, -0.25) is 4.79 Å². The number of sulfonamides is 1. The van der Waals surface area contributed by atoms with Gasteiger partial charge in [0, 0.05) is 18.1 Å². The summed E-state index contributed by atoms with van der Waals surface area (Å²) in [4.78, 5) is 19.8. The Labute approximate surface area is 169 Å². The van der Waals surface area contributed by atoms with Gasteiger partial charge in [0.15, 0.2) is 6.61 Å². The van der Waals surface area contributed by atoms with E-state index in [2.05, 4.69) is 20.0 Å². The minimum atomic E-state index is -3.82. The summed E-state index contributed by atoms with van der Waals surface area (Å²) in [5.41, 5.74) is 1.47. The van der Waals surface area contributed by atoms with Crippen LogP contribution in [0.3, 0.4) is 0 Å². The molecule has 3 rings (SSSR count). The van der Waals surface area contributed by atoms with Crippen LogP contribution in [0.1, 0.15) is 12.5 Å². The second-order valence-electron chi connectivity index (χ2n) is 6.00. The van der Waals surface area contributed by atoms with Crippen molar-refractivity contribution in [2.75, 3.05) is 16.6 Å². The van der Waals surface area contributed by atoms with Crippen LogP contribution in [0, 0.1) is 0 Å². The van der Waals surface area contributed by atoms with E-state index in [1.165, 1.54) is 36.7 Å². The number of aryl methyl sites for hydroxylation is 1. The van der Waals surface area contributed by atoms with Gasteiger partial charge in [0.2, 0.25) is 5.95 Å². The standard InChI is InChI=1S/C20H20N4O4S/c1-2-15-6-3-4-7-18(15)28-14-19(25)23-16-8-10-17(11-9-16)29(26,27)24-20-21-12-5-13-22-20/h3-13H,2,14H2,1H3,(H,23,25)(H,21,22,24). The number of amides is 1. The minimum absolute atomic E-state index is 0.0191. The topological polar surface area (TPSA) is 110 Å². The summed E-state index contributed by atoms with van der Waals surface area (Å²) < 4.78 is 32.6. The normalized spacial score (nSPS) is 10.9. The van der Waals surface area contributed by atoms with Gasteiger partial charge in [-0.1, -0.05) is 25.1 Å². The number of hydrogen-bond acceptors (Lipinski definition) is 6. The van der Waals surface area contributed by atoms with Crippen LogP contribution < -0.4 is 14.8 Å². The third-order valence-corrected chi connectivity index (χ3v) is 5.30. The zero-order chi connectivity index (χ0) is 20.7. The lowest BCUT2D eigenvalue weighted by molar-refractivity contribution is -0.118. The summed E-state index contributed by atoms with van der Waals surface area (Å²) >= 11 is 0. The second-order valence-corrected chi connectivity index (χ2v) is 7.68. The van der Waals surface area contributed by atoms with Crippen molar-refractivity contribution in [2.24, 2.45) is 0 Å². The molecule has 0 bridgehead atoms. The molecular formula is C20H20N4O4S. The summed E-state index contributed by atoms with van der Waals surface area (Å²) in [5.74, 6) is 0.303. The van der Waals surface area contributed by atoms with E-state index in [1.54, 1.807) is 6.07 Å². The summed E-state index contributed by atoms with van der Waals surface area (Å²) in [7, 11) is -3.82. The lowest BCUT2D eigenvalue weighted by Gasteiger charge is -2.11. The Morgan fingerprint density at radius 3 is 2.38 bits per heavy atom. The summed E-state index contributed by atoms with van der Waals surface area (Å²) in [6.07, 6.45) is 3.67. The highest BCUT2D eigenvalue weighted by atomic mass is 32.2. The average molecular weight is 412 g/mol. The SMILES string of the molecule is CCc1ccccc1OCC(=O)Nc1ccc(S(=O)(=O)Nc2ncccn2)cc1. The maximum absolute atomic E-state index is 12.4. The van der Waals surface area contributed by atoms with Gasteiger partial charge >= 0.3 is 0 Å². The zero-order valence-corrected chi connectivity index (χ0v) is 16.5. The molecule has 2 aromatic carbocycles. The van der Waals surface area contributed by atoms with Crippen molar-refractivity contribution in [2.45, 2.75) is 18.2 Å². The van der Waals surface area contributed by atoms with Gasteiger partial charge in [-0.2, -0.15) is 0 Å². The third kappa shape index (κ3) is 5.52. The number of aromatic nitrogens is 2. The van der Waals surface area contributed by atoms with Crippen molar-refractivity contribution in [3.63, 3.8) is 0 Å². The fourth-order valence-electron chi connectivity index (χ4n) is 2.53. The number of benzene rings is 2. The number of carbonyl (C=O) groups excluding carboxylic acids is 1. The summed E-state index contributed by atoms with van der Waals surface area (Å²) in [6.45, 7) is 1.86. The Morgan fingerprint density at radius 2 is 1.69 bits per heavy atom. The largest absolute Gasteiger partial charge is 0.483 e. The van der Waals surface area contributed by atoms with E-state index in [0.29, 0.717) is 11.4 Å². The van der Waals surface area contributed by atoms with Gasteiger partial charge in [-0.05, 0) is 48.4 Å². The molecule has 3 aromatic rings. The van der Waals surface area contributed by atoms with Crippen LogP contribution in [0.2, 0.25) is 0 Å². The fourth-order valence-corrected chi connectivity index (χ4v) is 3.48. The van der Waals surface area contributed by atoms with Gasteiger partial charge in [0.25, 0.3) is 15.9 Å². The Kier molecular flexibility index (Phi) is 6.40. The monoisotopic (exact) mass is 412 g/mol. The highest BCUT2D eigenvalue weighted by molar-refractivity contribution is 7.92. The lowest BCUT2D eigenvalue weighted by atomic mass is 10.1. The van der Waals surface area contributed by atoms with Crippen LogP contribution in [-0.4, -0.2) is 30.9 Å². The first-order valence-electron chi connectivity index (χ1n) is 8.88. The second kappa shape index (κ2) is 9.16. The maximum atomic E-state index is 12.4. The van der Waals surface area contributed by atoms with E-state index in [1.807, 2.05) is 31.2 Å². The molecule has 0 aliphatic heterocycles. The van der Waals surface area contributed by atoms with Crippen molar-refractivity contribution in [1.82, 2.24) is 9.97 Å². The molecule has 0 aliphatic carbocycles.